The molecule has 2 aromatic rings. The molecule has 1 aromatic carbocycles. The highest BCUT2D eigenvalue weighted by Crippen LogP contribution is 2.17. The van der Waals surface area contributed by atoms with E-state index >= 15 is 0 Å². The highest BCUT2D eigenvalue weighted by Gasteiger charge is 2.05. The molecule has 20 heavy (non-hydrogen) atoms. The Balaban J connectivity index is 2.05. The van der Waals surface area contributed by atoms with Gasteiger partial charge in [0.1, 0.15) is 17.3 Å². The first-order chi connectivity index (χ1) is 9.58. The maximum Gasteiger partial charge on any atom is 0.328 e. The Kier molecular flexibility index (Phi) is 4.31. The number of thiocarbonyl (C=S) groups is 1. The molecule has 1 heterocycles. The monoisotopic (exact) mass is 291 g/mol. The summed E-state index contributed by atoms with van der Waals surface area (Å²) in [6.07, 6.45) is 1.42. The molecule has 0 spiro atoms. The van der Waals surface area contributed by atoms with E-state index in [0.29, 0.717) is 17.9 Å². The minimum absolute atomic E-state index is 0.252. The molecular formula is C13H13N3O3S. The summed E-state index contributed by atoms with van der Waals surface area (Å²) in [6, 6.07) is 8.43. The number of hydrogen-bond donors (Lipinski definition) is 2. The Labute approximate surface area is 119 Å². The fourth-order valence-electron chi connectivity index (χ4n) is 1.67. The van der Waals surface area contributed by atoms with E-state index in [4.69, 9.17) is 22.7 Å². The first-order valence-corrected chi connectivity index (χ1v) is 6.30. The third-order valence-electron chi connectivity index (χ3n) is 2.64. The van der Waals surface area contributed by atoms with Crippen LogP contribution in [-0.4, -0.2) is 21.1 Å². The van der Waals surface area contributed by atoms with Gasteiger partial charge in [0.05, 0.1) is 12.1 Å². The molecular weight excluding hydrogens is 278 g/mol. The number of aromatic amines is 1. The Hall–Kier alpha value is -2.41. The fraction of sp³-hybridized carbons (Fsp3) is 0.154. The number of nitrogens with two attached hydrogens (primary N) is 1. The molecule has 0 saturated heterocycles. The molecule has 0 fully saturated rings. The molecule has 2 rings (SSSR count). The van der Waals surface area contributed by atoms with Crippen molar-refractivity contribution in [2.45, 2.75) is 6.54 Å². The average Bonchev–Trinajstić information content (AvgIpc) is 2.41. The first-order valence-electron chi connectivity index (χ1n) is 5.89. The molecule has 0 unspecified atom stereocenters. The van der Waals surface area contributed by atoms with Crippen LogP contribution in [0.1, 0.15) is 5.56 Å². The van der Waals surface area contributed by atoms with Crippen LogP contribution in [0.2, 0.25) is 0 Å². The Morgan fingerprint density at radius 1 is 1.30 bits per heavy atom. The van der Waals surface area contributed by atoms with Crippen molar-refractivity contribution < 1.29 is 4.74 Å². The van der Waals surface area contributed by atoms with Crippen molar-refractivity contribution in [2.75, 3.05) is 6.61 Å². The Morgan fingerprint density at radius 2 is 2.05 bits per heavy atom. The molecule has 104 valence electrons. The van der Waals surface area contributed by atoms with Gasteiger partial charge in [-0.15, -0.1) is 0 Å². The minimum Gasteiger partial charge on any atom is -0.491 e. The average molecular weight is 291 g/mol. The second-order valence-electron chi connectivity index (χ2n) is 4.01. The van der Waals surface area contributed by atoms with Gasteiger partial charge in [0.15, 0.2) is 0 Å². The predicted octanol–water partition coefficient (Wildman–Crippen LogP) is 0.250. The molecule has 0 atom stereocenters. The second-order valence-corrected chi connectivity index (χ2v) is 4.45. The summed E-state index contributed by atoms with van der Waals surface area (Å²) in [5, 5.41) is 0. The number of nitrogens with zero attached hydrogens (tertiary/aromatic N) is 1. The van der Waals surface area contributed by atoms with E-state index in [2.05, 4.69) is 4.98 Å². The zero-order valence-electron chi connectivity index (χ0n) is 10.5. The van der Waals surface area contributed by atoms with Crippen LogP contribution in [0.3, 0.4) is 0 Å². The van der Waals surface area contributed by atoms with Gasteiger partial charge in [0, 0.05) is 12.3 Å². The maximum absolute atomic E-state index is 11.5. The molecule has 0 radical (unpaired) electrons. The number of para-hydroxylation sites is 1. The molecule has 6 nitrogen and oxygen atoms in total. The number of benzene rings is 1. The molecule has 3 N–H and O–H groups in total. The van der Waals surface area contributed by atoms with Gasteiger partial charge < -0.3 is 10.5 Å². The van der Waals surface area contributed by atoms with Crippen LogP contribution < -0.4 is 21.7 Å². The lowest BCUT2D eigenvalue weighted by molar-refractivity contribution is 0.295. The van der Waals surface area contributed by atoms with E-state index in [1.165, 1.54) is 16.8 Å². The van der Waals surface area contributed by atoms with Gasteiger partial charge in [0.2, 0.25) is 0 Å². The standard InChI is InChI=1S/C13H13N3O3S/c14-12(20)9-3-1-2-4-10(9)19-8-7-16-6-5-11(17)15-13(16)18/h1-6H,7-8H2,(H2,14,20)(H,15,17,18). The van der Waals surface area contributed by atoms with E-state index in [1.54, 1.807) is 12.1 Å². The maximum atomic E-state index is 11.5. The van der Waals surface area contributed by atoms with Crippen molar-refractivity contribution in [1.82, 2.24) is 9.55 Å². The lowest BCUT2D eigenvalue weighted by Gasteiger charge is -2.11. The summed E-state index contributed by atoms with van der Waals surface area (Å²) in [4.78, 5) is 24.8. The number of H-pyrrole nitrogens is 1. The normalized spacial score (nSPS) is 10.2. The van der Waals surface area contributed by atoms with E-state index in [9.17, 15) is 9.59 Å². The number of aromatic nitrogens is 2. The fourth-order valence-corrected chi connectivity index (χ4v) is 1.84. The van der Waals surface area contributed by atoms with E-state index in [0.717, 1.165) is 0 Å². The SMILES string of the molecule is NC(=S)c1ccccc1OCCn1ccc(=O)[nH]c1=O. The van der Waals surface area contributed by atoms with Crippen LogP contribution in [0.4, 0.5) is 0 Å². The molecule has 0 saturated carbocycles. The number of nitrogens with one attached hydrogen (secondary N) is 1. The van der Waals surface area contributed by atoms with Crippen molar-refractivity contribution >= 4 is 17.2 Å². The molecule has 0 amide bonds. The van der Waals surface area contributed by atoms with E-state index in [1.807, 2.05) is 12.1 Å². The highest BCUT2D eigenvalue weighted by atomic mass is 32.1. The molecule has 0 aliphatic rings. The highest BCUT2D eigenvalue weighted by molar-refractivity contribution is 7.80. The molecule has 0 aliphatic heterocycles. The summed E-state index contributed by atoms with van der Waals surface area (Å²) in [5.41, 5.74) is 5.35. The number of ether oxygens (including phenoxy) is 1. The number of rotatable bonds is 5. The van der Waals surface area contributed by atoms with E-state index < -0.39 is 11.2 Å². The van der Waals surface area contributed by atoms with Gasteiger partial charge in [-0.05, 0) is 12.1 Å². The van der Waals surface area contributed by atoms with Gasteiger partial charge in [0.25, 0.3) is 5.56 Å². The zero-order valence-corrected chi connectivity index (χ0v) is 11.4. The van der Waals surface area contributed by atoms with Crippen LogP contribution in [-0.2, 0) is 6.54 Å². The summed E-state index contributed by atoms with van der Waals surface area (Å²) in [7, 11) is 0. The van der Waals surface area contributed by atoms with Crippen LogP contribution in [0.5, 0.6) is 5.75 Å². The largest absolute Gasteiger partial charge is 0.491 e. The summed E-state index contributed by atoms with van der Waals surface area (Å²) >= 11 is 4.93. The van der Waals surface area contributed by atoms with Crippen molar-refractivity contribution in [1.29, 1.82) is 0 Å². The third-order valence-corrected chi connectivity index (χ3v) is 2.86. The lowest BCUT2D eigenvalue weighted by Crippen LogP contribution is -2.30. The first kappa shape index (κ1) is 14.0. The molecule has 0 aliphatic carbocycles. The van der Waals surface area contributed by atoms with Crippen LogP contribution in [0.15, 0.2) is 46.1 Å². The molecule has 0 bridgehead atoms. The third kappa shape index (κ3) is 3.33. The van der Waals surface area contributed by atoms with Crippen LogP contribution in [0.25, 0.3) is 0 Å². The predicted molar refractivity (Wildman–Crippen MR) is 79.1 cm³/mol. The lowest BCUT2D eigenvalue weighted by atomic mass is 10.2. The summed E-state index contributed by atoms with van der Waals surface area (Å²) in [6.45, 7) is 0.562. The van der Waals surface area contributed by atoms with Gasteiger partial charge in [-0.2, -0.15) is 0 Å². The van der Waals surface area contributed by atoms with E-state index in [-0.39, 0.29) is 11.6 Å². The van der Waals surface area contributed by atoms with Crippen molar-refractivity contribution in [3.8, 4) is 5.75 Å². The molecule has 1 aromatic heterocycles. The Morgan fingerprint density at radius 3 is 2.75 bits per heavy atom. The second kappa shape index (κ2) is 6.16. The van der Waals surface area contributed by atoms with Crippen LogP contribution >= 0.6 is 12.2 Å². The van der Waals surface area contributed by atoms with Crippen molar-refractivity contribution in [3.63, 3.8) is 0 Å². The Bertz CT molecular complexity index is 736. The van der Waals surface area contributed by atoms with Gasteiger partial charge in [-0.25, -0.2) is 4.79 Å². The summed E-state index contributed by atoms with van der Waals surface area (Å²) in [5.74, 6) is 0.567. The quantitative estimate of drug-likeness (QED) is 0.771. The van der Waals surface area contributed by atoms with Crippen LogP contribution in [0, 0.1) is 0 Å². The number of hydrogen-bond acceptors (Lipinski definition) is 4. The minimum atomic E-state index is -0.469. The van der Waals surface area contributed by atoms with Gasteiger partial charge in [-0.3, -0.25) is 14.3 Å². The topological polar surface area (TPSA) is 90.1 Å². The zero-order chi connectivity index (χ0) is 14.5. The van der Waals surface area contributed by atoms with Crippen molar-refractivity contribution in [2.24, 2.45) is 5.73 Å². The van der Waals surface area contributed by atoms with Gasteiger partial charge >= 0.3 is 5.69 Å². The summed E-state index contributed by atoms with van der Waals surface area (Å²) < 4.78 is 6.92. The van der Waals surface area contributed by atoms with Gasteiger partial charge in [-0.1, -0.05) is 24.4 Å². The molecule has 7 heteroatoms. The smallest absolute Gasteiger partial charge is 0.328 e. The van der Waals surface area contributed by atoms with Crippen molar-refractivity contribution in [3.05, 3.63) is 62.9 Å².